The fourth-order valence-corrected chi connectivity index (χ4v) is 5.50. The zero-order chi connectivity index (χ0) is 25.6. The Bertz CT molecular complexity index is 1650. The second kappa shape index (κ2) is 9.04. The number of esters is 2. The number of hydrogen-bond acceptors (Lipinski definition) is 4. The monoisotopic (exact) mass is 488 g/mol. The summed E-state index contributed by atoms with van der Waals surface area (Å²) in [7, 11) is 0. The maximum absolute atomic E-state index is 13.1. The minimum Gasteiger partial charge on any atom is -0.461 e. The average molecular weight is 489 g/mol. The molecule has 0 unspecified atom stereocenters. The van der Waals surface area contributed by atoms with Crippen LogP contribution in [0, 0.1) is 11.3 Å². The van der Waals surface area contributed by atoms with Gasteiger partial charge in [0.25, 0.3) is 0 Å². The number of carbonyl (C=O) groups excluding carboxylic acids is 2. The highest BCUT2D eigenvalue weighted by molar-refractivity contribution is 6.17. The number of carbonyl (C=O) groups is 2. The Morgan fingerprint density at radius 1 is 0.757 bits per heavy atom. The minimum atomic E-state index is -0.494. The lowest BCUT2D eigenvalue weighted by atomic mass is 9.60. The predicted octanol–water partition coefficient (Wildman–Crippen LogP) is 7.25. The molecule has 0 aromatic heterocycles. The van der Waals surface area contributed by atoms with Crippen LogP contribution in [0.4, 0.5) is 0 Å². The summed E-state index contributed by atoms with van der Waals surface area (Å²) in [6, 6.07) is 32.2. The molecule has 0 aliphatic heterocycles. The molecule has 0 bridgehead atoms. The van der Waals surface area contributed by atoms with Gasteiger partial charge in [-0.1, -0.05) is 98.8 Å². The van der Waals surface area contributed by atoms with Crippen molar-refractivity contribution in [1.82, 2.24) is 0 Å². The van der Waals surface area contributed by atoms with Crippen molar-refractivity contribution in [3.05, 3.63) is 103 Å². The standard InChI is InChI=1S/C33H28O4/c1-33(2)29(20-30(33)37-31(34)18-21-8-4-3-5-9-21)32(35)36-24-15-12-23-14-16-26-25-11-7-6-10-22(25)13-17-27(26)28(23)19-24/h3-17,19,29-30H,18,20H2,1-2H3/t29-,30-/m1/s1. The van der Waals surface area contributed by atoms with E-state index < -0.39 is 5.41 Å². The van der Waals surface area contributed by atoms with Crippen LogP contribution in [-0.4, -0.2) is 18.0 Å². The second-order valence-corrected chi connectivity index (χ2v) is 10.5. The van der Waals surface area contributed by atoms with Gasteiger partial charge in [0.1, 0.15) is 11.9 Å². The van der Waals surface area contributed by atoms with E-state index in [1.165, 1.54) is 16.2 Å². The van der Waals surface area contributed by atoms with Crippen LogP contribution < -0.4 is 4.74 Å². The number of ether oxygens (including phenoxy) is 2. The van der Waals surface area contributed by atoms with Gasteiger partial charge in [0.05, 0.1) is 12.3 Å². The fraction of sp³-hybridized carbons (Fsp3) is 0.212. The molecule has 4 heteroatoms. The highest BCUT2D eigenvalue weighted by Crippen LogP contribution is 2.49. The molecule has 1 aliphatic carbocycles. The molecule has 0 amide bonds. The van der Waals surface area contributed by atoms with Gasteiger partial charge < -0.3 is 9.47 Å². The summed E-state index contributed by atoms with van der Waals surface area (Å²) in [6.45, 7) is 3.92. The van der Waals surface area contributed by atoms with Crippen molar-refractivity contribution in [3.63, 3.8) is 0 Å². The van der Waals surface area contributed by atoms with Crippen molar-refractivity contribution in [3.8, 4) is 5.75 Å². The Morgan fingerprint density at radius 2 is 1.41 bits per heavy atom. The molecule has 2 atom stereocenters. The van der Waals surface area contributed by atoms with E-state index in [0.717, 1.165) is 21.7 Å². The summed E-state index contributed by atoms with van der Waals surface area (Å²) in [5.41, 5.74) is 0.420. The summed E-state index contributed by atoms with van der Waals surface area (Å²) in [5, 5.41) is 6.85. The summed E-state index contributed by atoms with van der Waals surface area (Å²) >= 11 is 0. The molecule has 184 valence electrons. The molecular weight excluding hydrogens is 460 g/mol. The zero-order valence-electron chi connectivity index (χ0n) is 20.9. The molecule has 1 aliphatic rings. The molecule has 1 saturated carbocycles. The van der Waals surface area contributed by atoms with Crippen molar-refractivity contribution in [1.29, 1.82) is 0 Å². The maximum atomic E-state index is 13.1. The number of hydrogen-bond donors (Lipinski definition) is 0. The van der Waals surface area contributed by atoms with Crippen molar-refractivity contribution in [2.45, 2.75) is 32.8 Å². The number of benzene rings is 5. The number of fused-ring (bicyclic) bond motifs is 5. The van der Waals surface area contributed by atoms with Gasteiger partial charge in [-0.2, -0.15) is 0 Å². The molecule has 6 rings (SSSR count). The van der Waals surface area contributed by atoms with Crippen LogP contribution in [0.15, 0.2) is 97.1 Å². The third-order valence-electron chi connectivity index (χ3n) is 7.86. The molecule has 37 heavy (non-hydrogen) atoms. The Morgan fingerprint density at radius 3 is 2.16 bits per heavy atom. The maximum Gasteiger partial charge on any atom is 0.315 e. The molecule has 4 nitrogen and oxygen atoms in total. The number of rotatable bonds is 5. The summed E-state index contributed by atoms with van der Waals surface area (Å²) in [5.74, 6) is -0.372. The summed E-state index contributed by atoms with van der Waals surface area (Å²) in [4.78, 5) is 25.6. The Hall–Kier alpha value is -4.18. The van der Waals surface area contributed by atoms with Crippen LogP contribution >= 0.6 is 0 Å². The first-order valence-corrected chi connectivity index (χ1v) is 12.7. The van der Waals surface area contributed by atoms with Crippen LogP contribution in [0.3, 0.4) is 0 Å². The SMILES string of the molecule is CC1(C)[C@@H](C(=O)Oc2ccc3ccc4c5ccccc5ccc4c3c2)C[C@H]1OC(=O)Cc1ccccc1. The van der Waals surface area contributed by atoms with E-state index in [1.54, 1.807) is 0 Å². The smallest absolute Gasteiger partial charge is 0.315 e. The molecule has 0 radical (unpaired) electrons. The summed E-state index contributed by atoms with van der Waals surface area (Å²) in [6.07, 6.45) is 0.382. The van der Waals surface area contributed by atoms with E-state index >= 15 is 0 Å². The average Bonchev–Trinajstić information content (AvgIpc) is 2.91. The van der Waals surface area contributed by atoms with Gasteiger partial charge in [0, 0.05) is 5.41 Å². The van der Waals surface area contributed by atoms with E-state index in [1.807, 2.05) is 68.4 Å². The zero-order valence-corrected chi connectivity index (χ0v) is 20.9. The quantitative estimate of drug-likeness (QED) is 0.148. The normalized spacial score (nSPS) is 18.4. The Balaban J connectivity index is 1.18. The van der Waals surface area contributed by atoms with Gasteiger partial charge in [-0.25, -0.2) is 0 Å². The third kappa shape index (κ3) is 4.23. The molecular formula is C33H28O4. The molecule has 5 aromatic carbocycles. The van der Waals surface area contributed by atoms with Crippen LogP contribution in [0.1, 0.15) is 25.8 Å². The van der Waals surface area contributed by atoms with E-state index in [-0.39, 0.29) is 30.4 Å². The molecule has 0 heterocycles. The van der Waals surface area contributed by atoms with Crippen LogP contribution in [0.5, 0.6) is 5.75 Å². The van der Waals surface area contributed by atoms with Gasteiger partial charge in [-0.3, -0.25) is 9.59 Å². The van der Waals surface area contributed by atoms with Crippen LogP contribution in [0.2, 0.25) is 0 Å². The lowest BCUT2D eigenvalue weighted by Crippen LogP contribution is -2.55. The Labute approximate surface area is 215 Å². The van der Waals surface area contributed by atoms with Crippen LogP contribution in [-0.2, 0) is 20.7 Å². The van der Waals surface area contributed by atoms with Gasteiger partial charge in [0.2, 0.25) is 0 Å². The van der Waals surface area contributed by atoms with Crippen molar-refractivity contribution < 1.29 is 19.1 Å². The van der Waals surface area contributed by atoms with E-state index in [0.29, 0.717) is 12.2 Å². The highest BCUT2D eigenvalue weighted by atomic mass is 16.6. The molecule has 0 saturated heterocycles. The Kier molecular flexibility index (Phi) is 5.68. The first kappa shape index (κ1) is 23.2. The van der Waals surface area contributed by atoms with Gasteiger partial charge >= 0.3 is 11.9 Å². The van der Waals surface area contributed by atoms with E-state index in [4.69, 9.17) is 9.47 Å². The van der Waals surface area contributed by atoms with Crippen molar-refractivity contribution in [2.75, 3.05) is 0 Å². The minimum absolute atomic E-state index is 0.225. The first-order valence-electron chi connectivity index (χ1n) is 12.7. The lowest BCUT2D eigenvalue weighted by Gasteiger charge is -2.49. The van der Waals surface area contributed by atoms with Crippen molar-refractivity contribution in [2.24, 2.45) is 11.3 Å². The third-order valence-corrected chi connectivity index (χ3v) is 7.86. The van der Waals surface area contributed by atoms with Gasteiger partial charge in [0.15, 0.2) is 0 Å². The molecule has 5 aromatic rings. The largest absolute Gasteiger partial charge is 0.461 e. The second-order valence-electron chi connectivity index (χ2n) is 10.5. The molecule has 0 spiro atoms. The molecule has 0 N–H and O–H groups in total. The van der Waals surface area contributed by atoms with Gasteiger partial charge in [-0.15, -0.1) is 0 Å². The van der Waals surface area contributed by atoms with Crippen molar-refractivity contribution >= 4 is 44.3 Å². The topological polar surface area (TPSA) is 52.6 Å². The van der Waals surface area contributed by atoms with E-state index in [2.05, 4.69) is 42.5 Å². The summed E-state index contributed by atoms with van der Waals surface area (Å²) < 4.78 is 11.6. The fourth-order valence-electron chi connectivity index (χ4n) is 5.50. The van der Waals surface area contributed by atoms with E-state index in [9.17, 15) is 9.59 Å². The highest BCUT2D eigenvalue weighted by Gasteiger charge is 2.55. The van der Waals surface area contributed by atoms with Gasteiger partial charge in [-0.05, 0) is 56.4 Å². The van der Waals surface area contributed by atoms with Crippen LogP contribution in [0.25, 0.3) is 32.3 Å². The molecule has 1 fully saturated rings. The first-order chi connectivity index (χ1) is 17.9. The lowest BCUT2D eigenvalue weighted by molar-refractivity contribution is -0.186. The predicted molar refractivity (Wildman–Crippen MR) is 147 cm³/mol.